The molecule has 6 heteroatoms. The normalized spacial score (nSPS) is 16.4. The summed E-state index contributed by atoms with van der Waals surface area (Å²) in [5.74, 6) is -1.06. The minimum atomic E-state index is -0.532. The molecule has 1 aromatic heterocycles. The number of amides is 2. The molecule has 1 saturated heterocycles. The van der Waals surface area contributed by atoms with Crippen LogP contribution >= 0.6 is 11.3 Å². The van der Waals surface area contributed by atoms with Crippen LogP contribution in [0.25, 0.3) is 0 Å². The van der Waals surface area contributed by atoms with Crippen molar-refractivity contribution in [2.45, 2.75) is 38.6 Å². The average molecular weight is 323 g/mol. The molecule has 1 fully saturated rings. The lowest BCUT2D eigenvalue weighted by atomic mass is 10.1. The summed E-state index contributed by atoms with van der Waals surface area (Å²) < 4.78 is 0. The van der Waals surface area contributed by atoms with Gasteiger partial charge in [-0.1, -0.05) is 13.3 Å². The molecule has 22 heavy (non-hydrogen) atoms. The lowest BCUT2D eigenvalue weighted by Gasteiger charge is -2.27. The van der Waals surface area contributed by atoms with Gasteiger partial charge < -0.3 is 10.6 Å². The predicted octanol–water partition coefficient (Wildman–Crippen LogP) is 1.92. The molecule has 0 spiro atoms. The molecule has 1 aliphatic rings. The highest BCUT2D eigenvalue weighted by Crippen LogP contribution is 2.26. The molecule has 0 radical (unpaired) electrons. The van der Waals surface area contributed by atoms with Crippen LogP contribution in [-0.4, -0.2) is 42.9 Å². The maximum atomic E-state index is 11.9. The quantitative estimate of drug-likeness (QED) is 0.595. The second-order valence-electron chi connectivity index (χ2n) is 5.64. The molecule has 1 atom stereocenters. The van der Waals surface area contributed by atoms with Gasteiger partial charge in [-0.2, -0.15) is 11.3 Å². The highest BCUT2D eigenvalue weighted by atomic mass is 32.1. The van der Waals surface area contributed by atoms with Gasteiger partial charge in [0.05, 0.1) is 6.04 Å². The van der Waals surface area contributed by atoms with E-state index in [1.165, 1.54) is 18.4 Å². The van der Waals surface area contributed by atoms with Gasteiger partial charge in [0.2, 0.25) is 0 Å². The van der Waals surface area contributed by atoms with Crippen molar-refractivity contribution in [1.82, 2.24) is 15.5 Å². The SMILES string of the molecule is CCCCNC(=O)C(=O)NCC(c1ccsc1)N1CCCC1. The minimum absolute atomic E-state index is 0.168. The molecule has 2 rings (SSSR count). The van der Waals surface area contributed by atoms with Gasteiger partial charge in [0, 0.05) is 13.1 Å². The van der Waals surface area contributed by atoms with E-state index in [4.69, 9.17) is 0 Å². The summed E-state index contributed by atoms with van der Waals surface area (Å²) in [6.07, 6.45) is 4.29. The van der Waals surface area contributed by atoms with Crippen LogP contribution in [0.2, 0.25) is 0 Å². The smallest absolute Gasteiger partial charge is 0.309 e. The zero-order valence-corrected chi connectivity index (χ0v) is 14.0. The van der Waals surface area contributed by atoms with E-state index in [1.54, 1.807) is 11.3 Å². The number of rotatable bonds is 7. The van der Waals surface area contributed by atoms with Gasteiger partial charge in [0.15, 0.2) is 0 Å². The fraction of sp³-hybridized carbons (Fsp3) is 0.625. The van der Waals surface area contributed by atoms with Crippen LogP contribution in [0.3, 0.4) is 0 Å². The Kier molecular flexibility index (Phi) is 6.86. The van der Waals surface area contributed by atoms with Gasteiger partial charge >= 0.3 is 11.8 Å². The van der Waals surface area contributed by atoms with E-state index in [-0.39, 0.29) is 6.04 Å². The summed E-state index contributed by atoms with van der Waals surface area (Å²) in [6, 6.07) is 2.27. The van der Waals surface area contributed by atoms with Gasteiger partial charge in [0.25, 0.3) is 0 Å². The number of carbonyl (C=O) groups is 2. The van der Waals surface area contributed by atoms with Crippen molar-refractivity contribution in [3.8, 4) is 0 Å². The standard InChI is InChI=1S/C16H25N3O2S/c1-2-3-7-17-15(20)16(21)18-11-14(13-6-10-22-12-13)19-8-4-5-9-19/h6,10,12,14H,2-5,7-9,11H2,1H3,(H,17,20)(H,18,21). The Bertz CT molecular complexity index is 470. The highest BCUT2D eigenvalue weighted by Gasteiger charge is 2.25. The number of hydrogen-bond donors (Lipinski definition) is 2. The Morgan fingerprint density at radius 1 is 1.27 bits per heavy atom. The highest BCUT2D eigenvalue weighted by molar-refractivity contribution is 7.07. The largest absolute Gasteiger partial charge is 0.348 e. The van der Waals surface area contributed by atoms with Crippen LogP contribution in [0.4, 0.5) is 0 Å². The molecule has 0 bridgehead atoms. The Morgan fingerprint density at radius 2 is 2.00 bits per heavy atom. The first-order valence-electron chi connectivity index (χ1n) is 8.04. The molecule has 0 saturated carbocycles. The zero-order chi connectivity index (χ0) is 15.8. The van der Waals surface area contributed by atoms with Gasteiger partial charge in [-0.3, -0.25) is 14.5 Å². The molecule has 1 aromatic rings. The molecule has 2 N–H and O–H groups in total. The summed E-state index contributed by atoms with van der Waals surface area (Å²) in [5.41, 5.74) is 1.22. The Balaban J connectivity index is 1.85. The monoisotopic (exact) mass is 323 g/mol. The molecule has 2 heterocycles. The topological polar surface area (TPSA) is 61.4 Å². The average Bonchev–Trinajstić information content (AvgIpc) is 3.21. The van der Waals surface area contributed by atoms with E-state index in [0.717, 1.165) is 25.9 Å². The van der Waals surface area contributed by atoms with Crippen molar-refractivity contribution in [2.75, 3.05) is 26.2 Å². The van der Waals surface area contributed by atoms with Crippen LogP contribution in [0.1, 0.15) is 44.2 Å². The van der Waals surface area contributed by atoms with E-state index in [9.17, 15) is 9.59 Å². The van der Waals surface area contributed by atoms with Crippen molar-refractivity contribution in [2.24, 2.45) is 0 Å². The number of thiophene rings is 1. The van der Waals surface area contributed by atoms with Crippen LogP contribution in [0.5, 0.6) is 0 Å². The number of carbonyl (C=O) groups excluding carboxylic acids is 2. The lowest BCUT2D eigenvalue weighted by Crippen LogP contribution is -2.43. The number of unbranched alkanes of at least 4 members (excludes halogenated alkanes) is 1. The second kappa shape index (κ2) is 8.90. The number of hydrogen-bond acceptors (Lipinski definition) is 4. The first-order valence-corrected chi connectivity index (χ1v) is 8.98. The molecular formula is C16H25N3O2S. The Labute approximate surface area is 136 Å². The van der Waals surface area contributed by atoms with Gasteiger partial charge in [-0.25, -0.2) is 0 Å². The maximum absolute atomic E-state index is 11.9. The van der Waals surface area contributed by atoms with Gasteiger partial charge in [-0.15, -0.1) is 0 Å². The number of likely N-dealkylation sites (tertiary alicyclic amines) is 1. The van der Waals surface area contributed by atoms with Crippen molar-refractivity contribution < 1.29 is 9.59 Å². The summed E-state index contributed by atoms with van der Waals surface area (Å²) in [6.45, 7) is 5.20. The lowest BCUT2D eigenvalue weighted by molar-refractivity contribution is -0.139. The molecular weight excluding hydrogens is 298 g/mol. The van der Waals surface area contributed by atoms with Crippen molar-refractivity contribution in [3.05, 3.63) is 22.4 Å². The van der Waals surface area contributed by atoms with Gasteiger partial charge in [0.1, 0.15) is 0 Å². The van der Waals surface area contributed by atoms with Crippen LogP contribution in [-0.2, 0) is 9.59 Å². The molecule has 2 amide bonds. The first kappa shape index (κ1) is 17.0. The van der Waals surface area contributed by atoms with Crippen molar-refractivity contribution in [1.29, 1.82) is 0 Å². The third kappa shape index (κ3) is 4.81. The molecule has 122 valence electrons. The third-order valence-corrected chi connectivity index (χ3v) is 4.69. The molecule has 1 aliphatic heterocycles. The van der Waals surface area contributed by atoms with Crippen LogP contribution in [0.15, 0.2) is 16.8 Å². The summed E-state index contributed by atoms with van der Waals surface area (Å²) >= 11 is 1.66. The number of nitrogens with zero attached hydrogens (tertiary/aromatic N) is 1. The van der Waals surface area contributed by atoms with Crippen molar-refractivity contribution in [3.63, 3.8) is 0 Å². The second-order valence-corrected chi connectivity index (χ2v) is 6.42. The fourth-order valence-corrected chi connectivity index (χ4v) is 3.41. The summed E-state index contributed by atoms with van der Waals surface area (Å²) in [5, 5.41) is 9.61. The van der Waals surface area contributed by atoms with E-state index in [1.807, 2.05) is 6.92 Å². The van der Waals surface area contributed by atoms with E-state index in [2.05, 4.69) is 32.4 Å². The summed E-state index contributed by atoms with van der Waals surface area (Å²) in [4.78, 5) is 26.0. The van der Waals surface area contributed by atoms with E-state index < -0.39 is 11.8 Å². The predicted molar refractivity (Wildman–Crippen MR) is 88.8 cm³/mol. The number of nitrogens with one attached hydrogen (secondary N) is 2. The maximum Gasteiger partial charge on any atom is 0.309 e. The summed E-state index contributed by atoms with van der Waals surface area (Å²) in [7, 11) is 0. The van der Waals surface area contributed by atoms with E-state index in [0.29, 0.717) is 13.1 Å². The third-order valence-electron chi connectivity index (χ3n) is 3.99. The molecule has 0 aliphatic carbocycles. The Morgan fingerprint density at radius 3 is 2.64 bits per heavy atom. The first-order chi connectivity index (χ1) is 10.7. The minimum Gasteiger partial charge on any atom is -0.348 e. The molecule has 0 aromatic carbocycles. The van der Waals surface area contributed by atoms with Crippen LogP contribution in [0, 0.1) is 0 Å². The molecule has 1 unspecified atom stereocenters. The zero-order valence-electron chi connectivity index (χ0n) is 13.1. The fourth-order valence-electron chi connectivity index (χ4n) is 2.70. The Hall–Kier alpha value is -1.40. The van der Waals surface area contributed by atoms with Gasteiger partial charge in [-0.05, 0) is 54.7 Å². The van der Waals surface area contributed by atoms with Crippen molar-refractivity contribution >= 4 is 23.2 Å². The van der Waals surface area contributed by atoms with E-state index >= 15 is 0 Å². The molecule has 5 nitrogen and oxygen atoms in total. The van der Waals surface area contributed by atoms with Crippen LogP contribution < -0.4 is 10.6 Å².